The summed E-state index contributed by atoms with van der Waals surface area (Å²) in [6.45, 7) is 3.92. The second-order valence-electron chi connectivity index (χ2n) is 6.27. The maximum atomic E-state index is 12.3. The van der Waals surface area contributed by atoms with E-state index in [2.05, 4.69) is 9.97 Å². The highest BCUT2D eigenvalue weighted by Gasteiger charge is 2.32. The molecule has 8 nitrogen and oxygen atoms in total. The fourth-order valence-electron chi connectivity index (χ4n) is 2.79. The Morgan fingerprint density at radius 1 is 1.28 bits per heavy atom. The topological polar surface area (TPSA) is 126 Å². The highest BCUT2D eigenvalue weighted by molar-refractivity contribution is 7.90. The van der Waals surface area contributed by atoms with Crippen LogP contribution in [0.4, 0.5) is 0 Å². The Balaban J connectivity index is 2.24. The lowest BCUT2D eigenvalue weighted by atomic mass is 10.1. The second kappa shape index (κ2) is 5.69. The molecule has 0 bridgehead atoms. The van der Waals surface area contributed by atoms with Crippen LogP contribution in [0.5, 0.6) is 0 Å². The third-order valence-electron chi connectivity index (χ3n) is 4.12. The third-order valence-corrected chi connectivity index (χ3v) is 5.23. The van der Waals surface area contributed by atoms with Gasteiger partial charge < -0.3 is 15.6 Å². The van der Waals surface area contributed by atoms with Gasteiger partial charge in [-0.15, -0.1) is 0 Å². The molecule has 1 aliphatic rings. The molecule has 2 heterocycles. The number of benzene rings is 1. The Hall–Kier alpha value is -2.68. The third kappa shape index (κ3) is 2.91. The normalized spacial score (nSPS) is 15.7. The predicted molar refractivity (Wildman–Crippen MR) is 93.4 cm³/mol. The quantitative estimate of drug-likeness (QED) is 0.801. The lowest BCUT2D eigenvalue weighted by Gasteiger charge is -2.22. The molecule has 0 aliphatic carbocycles. The minimum atomic E-state index is -3.44. The van der Waals surface area contributed by atoms with Crippen LogP contribution in [-0.2, 0) is 14.6 Å². The molecule has 0 amide bonds. The zero-order chi connectivity index (χ0) is 18.5. The van der Waals surface area contributed by atoms with Crippen molar-refractivity contribution in [2.45, 2.75) is 24.8 Å². The smallest absolute Gasteiger partial charge is 0.259 e. The number of sulfone groups is 1. The lowest BCUT2D eigenvalue weighted by Crippen LogP contribution is -2.32. The van der Waals surface area contributed by atoms with E-state index < -0.39 is 15.4 Å². The lowest BCUT2D eigenvalue weighted by molar-refractivity contribution is -0.113. The van der Waals surface area contributed by atoms with Gasteiger partial charge in [0.25, 0.3) is 5.56 Å². The average Bonchev–Trinajstić information content (AvgIpc) is 2.80. The number of fused-ring (bicyclic) bond motifs is 1. The number of ketones is 1. The summed E-state index contributed by atoms with van der Waals surface area (Å²) in [7, 11) is -3.44. The van der Waals surface area contributed by atoms with Gasteiger partial charge in [-0.3, -0.25) is 9.59 Å². The number of rotatable bonds is 3. The SMILES string of the molecule is CC(C)N1CC(=O)C(c2nc3cc(S(C)(=O)=O)ccc3c(=O)[nH]2)=C1N. The number of hydrogen-bond donors (Lipinski definition) is 2. The molecule has 9 heteroatoms. The number of aromatic nitrogens is 2. The Morgan fingerprint density at radius 2 is 1.96 bits per heavy atom. The van der Waals surface area contributed by atoms with Gasteiger partial charge in [0.1, 0.15) is 17.2 Å². The molecule has 0 atom stereocenters. The van der Waals surface area contributed by atoms with Crippen molar-refractivity contribution in [3.8, 4) is 0 Å². The number of nitrogens with one attached hydrogen (secondary N) is 1. The first-order valence-corrected chi connectivity index (χ1v) is 9.53. The molecule has 0 radical (unpaired) electrons. The largest absolute Gasteiger partial charge is 0.385 e. The van der Waals surface area contributed by atoms with E-state index in [0.717, 1.165) is 6.26 Å². The summed E-state index contributed by atoms with van der Waals surface area (Å²) in [4.78, 5) is 33.3. The highest BCUT2D eigenvalue weighted by Crippen LogP contribution is 2.26. The maximum absolute atomic E-state index is 12.3. The molecule has 3 N–H and O–H groups in total. The van der Waals surface area contributed by atoms with Crippen molar-refractivity contribution in [3.05, 3.63) is 40.2 Å². The molecule has 0 spiro atoms. The van der Waals surface area contributed by atoms with Crippen LogP contribution in [0.3, 0.4) is 0 Å². The average molecular weight is 362 g/mol. The van der Waals surface area contributed by atoms with Crippen LogP contribution >= 0.6 is 0 Å². The molecular weight excluding hydrogens is 344 g/mol. The first-order valence-electron chi connectivity index (χ1n) is 7.63. The zero-order valence-corrected chi connectivity index (χ0v) is 14.8. The van der Waals surface area contributed by atoms with Crippen molar-refractivity contribution >= 4 is 32.1 Å². The summed E-state index contributed by atoms with van der Waals surface area (Å²) in [5.74, 6) is 0.0588. The molecule has 1 aromatic carbocycles. The van der Waals surface area contributed by atoms with Crippen LogP contribution < -0.4 is 11.3 Å². The monoisotopic (exact) mass is 362 g/mol. The second-order valence-corrected chi connectivity index (χ2v) is 8.29. The Kier molecular flexibility index (Phi) is 3.91. The van der Waals surface area contributed by atoms with Gasteiger partial charge in [-0.2, -0.15) is 0 Å². The number of Topliss-reactive ketones (excluding diaryl/α,β-unsaturated/α-hetero) is 1. The van der Waals surface area contributed by atoms with Crippen LogP contribution in [0.15, 0.2) is 33.7 Å². The van der Waals surface area contributed by atoms with Gasteiger partial charge >= 0.3 is 0 Å². The number of carbonyl (C=O) groups is 1. The summed E-state index contributed by atoms with van der Waals surface area (Å²) in [6, 6.07) is 4.09. The molecule has 132 valence electrons. The van der Waals surface area contributed by atoms with Gasteiger partial charge in [-0.1, -0.05) is 0 Å². The van der Waals surface area contributed by atoms with E-state index in [4.69, 9.17) is 5.73 Å². The number of H-pyrrole nitrogens is 1. The van der Waals surface area contributed by atoms with Gasteiger partial charge in [-0.05, 0) is 32.0 Å². The molecule has 0 fully saturated rings. The molecule has 1 aliphatic heterocycles. The van der Waals surface area contributed by atoms with Gasteiger partial charge in [0.15, 0.2) is 15.6 Å². The van der Waals surface area contributed by atoms with E-state index >= 15 is 0 Å². The number of hydrogen-bond acceptors (Lipinski definition) is 7. The Labute approximate surface area is 144 Å². The van der Waals surface area contributed by atoms with E-state index in [1.165, 1.54) is 18.2 Å². The summed E-state index contributed by atoms with van der Waals surface area (Å²) in [5.41, 5.74) is 5.95. The minimum Gasteiger partial charge on any atom is -0.385 e. The Bertz CT molecular complexity index is 1080. The van der Waals surface area contributed by atoms with Crippen molar-refractivity contribution in [1.29, 1.82) is 0 Å². The van der Waals surface area contributed by atoms with E-state index in [0.29, 0.717) is 0 Å². The number of nitrogens with two attached hydrogens (primary N) is 1. The molecular formula is C16H18N4O4S. The van der Waals surface area contributed by atoms with Crippen molar-refractivity contribution in [1.82, 2.24) is 14.9 Å². The molecule has 0 saturated carbocycles. The predicted octanol–water partition coefficient (Wildman–Crippen LogP) is 0.247. The maximum Gasteiger partial charge on any atom is 0.259 e. The fraction of sp³-hybridized carbons (Fsp3) is 0.312. The molecule has 0 unspecified atom stereocenters. The van der Waals surface area contributed by atoms with Crippen LogP contribution in [0, 0.1) is 0 Å². The number of aromatic amines is 1. The van der Waals surface area contributed by atoms with Crippen LogP contribution in [0.2, 0.25) is 0 Å². The summed E-state index contributed by atoms with van der Waals surface area (Å²) in [6.07, 6.45) is 1.07. The van der Waals surface area contributed by atoms with Crippen molar-refractivity contribution in [3.63, 3.8) is 0 Å². The van der Waals surface area contributed by atoms with Crippen LogP contribution in [0.1, 0.15) is 19.7 Å². The first kappa shape index (κ1) is 17.2. The molecule has 1 aromatic heterocycles. The van der Waals surface area contributed by atoms with E-state index in [-0.39, 0.29) is 51.4 Å². The van der Waals surface area contributed by atoms with Gasteiger partial charge in [0.05, 0.1) is 22.3 Å². The molecule has 25 heavy (non-hydrogen) atoms. The minimum absolute atomic E-state index is 0.0189. The van der Waals surface area contributed by atoms with Gasteiger partial charge in [0.2, 0.25) is 0 Å². The van der Waals surface area contributed by atoms with Crippen LogP contribution in [0.25, 0.3) is 16.5 Å². The van der Waals surface area contributed by atoms with E-state index in [1.54, 1.807) is 4.90 Å². The summed E-state index contributed by atoms with van der Waals surface area (Å²) in [5, 5.41) is 0.237. The van der Waals surface area contributed by atoms with Crippen molar-refractivity contribution < 1.29 is 13.2 Å². The molecule has 2 aromatic rings. The zero-order valence-electron chi connectivity index (χ0n) is 14.0. The van der Waals surface area contributed by atoms with E-state index in [9.17, 15) is 18.0 Å². The van der Waals surface area contributed by atoms with Gasteiger partial charge in [-0.25, -0.2) is 13.4 Å². The molecule has 0 saturated heterocycles. The summed E-state index contributed by atoms with van der Waals surface area (Å²) >= 11 is 0. The molecule has 3 rings (SSSR count). The van der Waals surface area contributed by atoms with Gasteiger partial charge in [0, 0.05) is 12.3 Å². The van der Waals surface area contributed by atoms with Crippen LogP contribution in [-0.4, -0.2) is 47.9 Å². The number of nitrogens with zero attached hydrogens (tertiary/aromatic N) is 2. The summed E-state index contributed by atoms with van der Waals surface area (Å²) < 4.78 is 23.4. The fourth-order valence-corrected chi connectivity index (χ4v) is 3.43. The van der Waals surface area contributed by atoms with E-state index in [1.807, 2.05) is 13.8 Å². The highest BCUT2D eigenvalue weighted by atomic mass is 32.2. The van der Waals surface area contributed by atoms with Crippen molar-refractivity contribution in [2.24, 2.45) is 5.73 Å². The van der Waals surface area contributed by atoms with Crippen molar-refractivity contribution in [2.75, 3.05) is 12.8 Å². The Morgan fingerprint density at radius 3 is 2.52 bits per heavy atom. The standard InChI is InChI=1S/C16H18N4O4S/c1-8(2)20-7-12(21)13(14(20)17)15-18-11-6-9(25(3,23)24)4-5-10(11)16(22)19-15/h4-6,8H,7,17H2,1-3H3,(H,18,19,22). The number of carbonyl (C=O) groups excluding carboxylic acids is 1. The first-order chi connectivity index (χ1) is 11.6.